The van der Waals surface area contributed by atoms with E-state index < -0.39 is 0 Å². The number of nitrogens with one attached hydrogen (secondary N) is 1. The number of hydrogen-bond acceptors (Lipinski definition) is 4. The Morgan fingerprint density at radius 2 is 2.04 bits per heavy atom. The highest BCUT2D eigenvalue weighted by Gasteiger charge is 2.29. The van der Waals surface area contributed by atoms with Crippen molar-refractivity contribution >= 4 is 12.1 Å². The topological polar surface area (TPSA) is 76.7 Å². The zero-order valence-electron chi connectivity index (χ0n) is 15.4. The van der Waals surface area contributed by atoms with Crippen LogP contribution in [0.15, 0.2) is 35.5 Å². The Labute approximate surface area is 151 Å². The van der Waals surface area contributed by atoms with E-state index in [1.807, 2.05) is 30.3 Å². The lowest BCUT2D eigenvalue weighted by atomic mass is 9.84. The lowest BCUT2D eigenvalue weighted by Gasteiger charge is -2.29. The quantitative estimate of drug-likeness (QED) is 0.561. The minimum Gasteiger partial charge on any atom is -0.391 e. The fourth-order valence-electron chi connectivity index (χ4n) is 3.24. The Morgan fingerprint density at radius 3 is 2.72 bits per heavy atom. The molecule has 3 N–H and O–H groups in total. The number of carbonyl (C=O) groups excluding carboxylic acids is 1. The van der Waals surface area contributed by atoms with E-state index >= 15 is 0 Å². The molecule has 1 aromatic rings. The first-order valence-corrected chi connectivity index (χ1v) is 9.31. The molecule has 138 valence electrons. The van der Waals surface area contributed by atoms with Crippen LogP contribution in [0.3, 0.4) is 0 Å². The average molecular weight is 345 g/mol. The number of hydrogen-bond donors (Lipinski definition) is 2. The van der Waals surface area contributed by atoms with Crippen LogP contribution in [0.4, 0.5) is 0 Å². The summed E-state index contributed by atoms with van der Waals surface area (Å²) in [5.74, 6) is 0.417. The van der Waals surface area contributed by atoms with Crippen molar-refractivity contribution in [1.29, 1.82) is 0 Å². The maximum Gasteiger partial charge on any atom is 0.225 e. The normalized spacial score (nSPS) is 22.1. The maximum atomic E-state index is 12.6. The smallest absolute Gasteiger partial charge is 0.225 e. The summed E-state index contributed by atoms with van der Waals surface area (Å²) in [6, 6.07) is 9.74. The summed E-state index contributed by atoms with van der Waals surface area (Å²) in [4.78, 5) is 17.9. The van der Waals surface area contributed by atoms with Gasteiger partial charge in [0.15, 0.2) is 0 Å². The third-order valence-electron chi connectivity index (χ3n) is 4.60. The number of oxime groups is 1. The second kappa shape index (κ2) is 10.2. The number of nitrogens with zero attached hydrogens (tertiary/aromatic N) is 1. The van der Waals surface area contributed by atoms with Crippen molar-refractivity contribution in [2.45, 2.75) is 64.6 Å². The van der Waals surface area contributed by atoms with Crippen LogP contribution < -0.4 is 11.1 Å². The van der Waals surface area contributed by atoms with Crippen LogP contribution in [0, 0.1) is 11.8 Å². The number of carbonyl (C=O) groups is 1. The third-order valence-corrected chi connectivity index (χ3v) is 4.60. The van der Waals surface area contributed by atoms with Gasteiger partial charge in [0.2, 0.25) is 5.91 Å². The number of nitrogens with two attached hydrogens (primary N) is 1. The molecule has 5 heteroatoms. The first kappa shape index (κ1) is 19.4. The maximum absolute atomic E-state index is 12.6. The van der Waals surface area contributed by atoms with Crippen molar-refractivity contribution in [3.05, 3.63) is 35.9 Å². The van der Waals surface area contributed by atoms with Crippen molar-refractivity contribution in [1.82, 2.24) is 5.32 Å². The van der Waals surface area contributed by atoms with Crippen LogP contribution in [0.2, 0.25) is 0 Å². The van der Waals surface area contributed by atoms with Gasteiger partial charge in [-0.25, -0.2) is 0 Å². The molecule has 0 aliphatic heterocycles. The Morgan fingerprint density at radius 1 is 1.32 bits per heavy atom. The van der Waals surface area contributed by atoms with Crippen molar-refractivity contribution < 1.29 is 9.63 Å². The van der Waals surface area contributed by atoms with Crippen molar-refractivity contribution in [3.8, 4) is 0 Å². The Kier molecular flexibility index (Phi) is 7.92. The van der Waals surface area contributed by atoms with Crippen molar-refractivity contribution in [3.63, 3.8) is 0 Å². The van der Waals surface area contributed by atoms with Gasteiger partial charge < -0.3 is 15.9 Å². The largest absolute Gasteiger partial charge is 0.391 e. The van der Waals surface area contributed by atoms with E-state index in [2.05, 4.69) is 24.3 Å². The van der Waals surface area contributed by atoms with Gasteiger partial charge in [-0.05, 0) is 30.7 Å². The molecular formula is C20H31N3O2. The molecule has 1 amide bonds. The summed E-state index contributed by atoms with van der Waals surface area (Å²) in [5.41, 5.74) is 7.19. The van der Waals surface area contributed by atoms with Gasteiger partial charge >= 0.3 is 0 Å². The van der Waals surface area contributed by atoms with Gasteiger partial charge in [0.25, 0.3) is 0 Å². The van der Waals surface area contributed by atoms with E-state index in [1.54, 1.807) is 6.21 Å². The summed E-state index contributed by atoms with van der Waals surface area (Å²) in [5, 5.41) is 7.17. The monoisotopic (exact) mass is 345 g/mol. The minimum atomic E-state index is -0.127. The SMILES string of the molecule is CC(C)CC(C=NOCc1ccccc1)NC(=O)[C@@H]1CCCC[C@@H]1N. The standard InChI is InChI=1S/C20H31N3O2/c1-15(2)12-17(13-22-25-14-16-8-4-3-5-9-16)23-20(24)18-10-6-7-11-19(18)21/h3-5,8-9,13,15,17-19H,6-7,10-12,14,21H2,1-2H3,(H,23,24)/t17?,18-,19+/m1/s1. The number of rotatable bonds is 8. The van der Waals surface area contributed by atoms with Gasteiger partial charge in [0.1, 0.15) is 6.61 Å². The van der Waals surface area contributed by atoms with Crippen LogP contribution >= 0.6 is 0 Å². The van der Waals surface area contributed by atoms with Gasteiger partial charge in [-0.1, -0.05) is 62.2 Å². The van der Waals surface area contributed by atoms with E-state index in [4.69, 9.17) is 10.6 Å². The van der Waals surface area contributed by atoms with E-state index in [9.17, 15) is 4.79 Å². The summed E-state index contributed by atoms with van der Waals surface area (Å²) >= 11 is 0. The van der Waals surface area contributed by atoms with E-state index in [0.29, 0.717) is 12.5 Å². The van der Waals surface area contributed by atoms with Gasteiger partial charge in [-0.3, -0.25) is 4.79 Å². The first-order chi connectivity index (χ1) is 12.1. The van der Waals surface area contributed by atoms with Crippen molar-refractivity contribution in [2.75, 3.05) is 0 Å². The molecule has 1 unspecified atom stereocenters. The summed E-state index contributed by atoms with van der Waals surface area (Å²) in [6.45, 7) is 4.68. The fourth-order valence-corrected chi connectivity index (χ4v) is 3.24. The molecule has 1 aromatic carbocycles. The third kappa shape index (κ3) is 6.86. The molecule has 5 nitrogen and oxygen atoms in total. The van der Waals surface area contributed by atoms with Gasteiger partial charge in [0, 0.05) is 6.04 Å². The molecule has 1 saturated carbocycles. The van der Waals surface area contributed by atoms with Crippen LogP contribution in [0.1, 0.15) is 51.5 Å². The zero-order valence-corrected chi connectivity index (χ0v) is 15.4. The van der Waals surface area contributed by atoms with Crippen LogP contribution in [-0.4, -0.2) is 24.2 Å². The lowest BCUT2D eigenvalue weighted by molar-refractivity contribution is -0.126. The molecular weight excluding hydrogens is 314 g/mol. The molecule has 2 rings (SSSR count). The summed E-state index contributed by atoms with van der Waals surface area (Å²) < 4.78 is 0. The highest BCUT2D eigenvalue weighted by atomic mass is 16.6. The predicted octanol–water partition coefficient (Wildman–Crippen LogP) is 3.24. The first-order valence-electron chi connectivity index (χ1n) is 9.31. The zero-order chi connectivity index (χ0) is 18.1. The Hall–Kier alpha value is -1.88. The molecule has 0 aromatic heterocycles. The molecule has 0 saturated heterocycles. The molecule has 25 heavy (non-hydrogen) atoms. The summed E-state index contributed by atoms with van der Waals surface area (Å²) in [6.07, 6.45) is 6.54. The second-order valence-electron chi connectivity index (χ2n) is 7.31. The van der Waals surface area contributed by atoms with E-state index in [1.165, 1.54) is 0 Å². The average Bonchev–Trinajstić information content (AvgIpc) is 2.59. The molecule has 0 spiro atoms. The molecule has 1 aliphatic carbocycles. The highest BCUT2D eigenvalue weighted by Crippen LogP contribution is 2.23. The molecule has 0 radical (unpaired) electrons. The van der Waals surface area contributed by atoms with Crippen LogP contribution in [-0.2, 0) is 16.2 Å². The number of benzene rings is 1. The fraction of sp³-hybridized carbons (Fsp3) is 0.600. The minimum absolute atomic E-state index is 0.0280. The van der Waals surface area contributed by atoms with Gasteiger partial charge in [-0.15, -0.1) is 0 Å². The lowest BCUT2D eigenvalue weighted by Crippen LogP contribution is -2.47. The Balaban J connectivity index is 1.86. The second-order valence-corrected chi connectivity index (χ2v) is 7.31. The van der Waals surface area contributed by atoms with Crippen molar-refractivity contribution in [2.24, 2.45) is 22.7 Å². The van der Waals surface area contributed by atoms with Crippen LogP contribution in [0.5, 0.6) is 0 Å². The predicted molar refractivity (Wildman–Crippen MR) is 101 cm³/mol. The van der Waals surface area contributed by atoms with E-state index in [-0.39, 0.29) is 23.9 Å². The van der Waals surface area contributed by atoms with E-state index in [0.717, 1.165) is 37.7 Å². The molecule has 0 heterocycles. The van der Waals surface area contributed by atoms with Gasteiger partial charge in [-0.2, -0.15) is 0 Å². The number of amides is 1. The summed E-state index contributed by atoms with van der Waals surface area (Å²) in [7, 11) is 0. The molecule has 1 aliphatic rings. The Bertz CT molecular complexity index is 545. The molecule has 0 bridgehead atoms. The molecule has 3 atom stereocenters. The molecule has 1 fully saturated rings. The highest BCUT2D eigenvalue weighted by molar-refractivity contribution is 5.83. The van der Waals surface area contributed by atoms with Gasteiger partial charge in [0.05, 0.1) is 18.2 Å². The van der Waals surface area contributed by atoms with Crippen LogP contribution in [0.25, 0.3) is 0 Å².